The highest BCUT2D eigenvalue weighted by atomic mass is 19.3. The quantitative estimate of drug-likeness (QED) is 0.201. The zero-order valence-electron chi connectivity index (χ0n) is 30.5. The normalized spacial score (nSPS) is 19.9. The van der Waals surface area contributed by atoms with Crippen LogP contribution in [0.25, 0.3) is 32.9 Å². The molecule has 1 N–H and O–H groups in total. The fourth-order valence-electron chi connectivity index (χ4n) is 8.88. The highest BCUT2D eigenvalue weighted by molar-refractivity contribution is 6.25. The van der Waals surface area contributed by atoms with E-state index in [0.717, 1.165) is 48.4 Å². The van der Waals surface area contributed by atoms with Crippen LogP contribution in [0.15, 0.2) is 67.1 Å². The second kappa shape index (κ2) is 14.3. The Bertz CT molecular complexity index is 2400. The number of piperazine rings is 1. The third-order valence-corrected chi connectivity index (χ3v) is 11.9. The number of aromatic nitrogens is 3. The summed E-state index contributed by atoms with van der Waals surface area (Å²) in [7, 11) is 0. The Morgan fingerprint density at radius 2 is 1.61 bits per heavy atom. The first kappa shape index (κ1) is 35.8. The number of nitrogens with one attached hydrogen (secondary N) is 1. The molecular formula is C41H39F3N8O4. The second-order valence-corrected chi connectivity index (χ2v) is 15.0. The summed E-state index contributed by atoms with van der Waals surface area (Å²) in [6.45, 7) is 2.46. The van der Waals surface area contributed by atoms with Crippen LogP contribution in [0.3, 0.4) is 0 Å². The molecule has 0 aliphatic carbocycles. The average molecular weight is 765 g/mol. The van der Waals surface area contributed by atoms with Crippen LogP contribution >= 0.6 is 0 Å². The number of pyridine rings is 2. The number of rotatable bonds is 8. The number of hydrogen-bond acceptors (Lipinski definition) is 9. The number of fused-ring (bicyclic) bond motifs is 4. The smallest absolute Gasteiger partial charge is 0.319 e. The largest absolute Gasteiger partial charge is 0.368 e. The van der Waals surface area contributed by atoms with Gasteiger partial charge in [-0.2, -0.15) is 8.78 Å². The number of hydrogen-bond donors (Lipinski definition) is 1. The van der Waals surface area contributed by atoms with Crippen molar-refractivity contribution in [2.45, 2.75) is 44.7 Å². The number of alkyl halides is 2. The summed E-state index contributed by atoms with van der Waals surface area (Å²) >= 11 is 0. The molecule has 2 aromatic carbocycles. The van der Waals surface area contributed by atoms with Gasteiger partial charge in [0, 0.05) is 80.6 Å². The van der Waals surface area contributed by atoms with E-state index < -0.39 is 42.0 Å². The molecule has 9 rings (SSSR count). The number of halogens is 3. The van der Waals surface area contributed by atoms with Gasteiger partial charge in [-0.25, -0.2) is 9.37 Å². The molecule has 4 aliphatic heterocycles. The SMILES string of the molecule is O=C1CCC(N2C(=O)c3cccc(N4CCN(CCC5CCN(c6ncc(-c7ccc8c9cnccc9n(C(F)F)c8c7)cc6F)CC5)CC4)c3C2=O)C(=O)N1. The lowest BCUT2D eigenvalue weighted by atomic mass is 9.93. The molecule has 5 aromatic rings. The number of carbonyl (C=O) groups excluding carboxylic acids is 4. The fraction of sp³-hybridized carbons (Fsp3) is 0.366. The summed E-state index contributed by atoms with van der Waals surface area (Å²) in [6, 6.07) is 12.4. The molecule has 0 spiro atoms. The van der Waals surface area contributed by atoms with Crippen LogP contribution in [0, 0.1) is 11.7 Å². The lowest BCUT2D eigenvalue weighted by molar-refractivity contribution is -0.136. The summed E-state index contributed by atoms with van der Waals surface area (Å²) in [6.07, 6.45) is 7.67. The van der Waals surface area contributed by atoms with Gasteiger partial charge in [0.15, 0.2) is 11.6 Å². The minimum atomic E-state index is -2.75. The minimum absolute atomic E-state index is 0.0720. The summed E-state index contributed by atoms with van der Waals surface area (Å²) in [4.78, 5) is 67.2. The van der Waals surface area contributed by atoms with Gasteiger partial charge in [-0.15, -0.1) is 0 Å². The zero-order chi connectivity index (χ0) is 38.7. The lowest BCUT2D eigenvalue weighted by Crippen LogP contribution is -2.54. The first-order chi connectivity index (χ1) is 27.2. The molecule has 7 heterocycles. The van der Waals surface area contributed by atoms with E-state index in [1.807, 2.05) is 11.0 Å². The fourth-order valence-corrected chi connectivity index (χ4v) is 8.88. The Labute approximate surface area is 319 Å². The standard InChI is InChI=1S/C41H39F3N8O4/c42-30-20-26(25-4-5-27-29-23-45-12-8-31(29)51(41(43)44)34(27)21-25)22-46-37(30)50-14-10-24(11-15-50)9-13-48-16-18-49(19-17-48)32-3-1-2-28-36(32)40(56)52(39(28)55)33-6-7-35(53)47-38(33)54/h1-5,8,12,20-24,33,41H,6-7,9-11,13-19H2,(H,47,53,54). The van der Waals surface area contributed by atoms with Gasteiger partial charge in [-0.3, -0.25) is 43.8 Å². The lowest BCUT2D eigenvalue weighted by Gasteiger charge is -2.38. The van der Waals surface area contributed by atoms with Gasteiger partial charge in [0.25, 0.3) is 11.8 Å². The second-order valence-electron chi connectivity index (χ2n) is 15.0. The monoisotopic (exact) mass is 764 g/mol. The molecular weight excluding hydrogens is 725 g/mol. The van der Waals surface area contributed by atoms with Crippen LogP contribution in [-0.2, 0) is 9.59 Å². The van der Waals surface area contributed by atoms with Gasteiger partial charge in [0.2, 0.25) is 11.8 Å². The molecule has 0 saturated carbocycles. The van der Waals surface area contributed by atoms with Crippen molar-refractivity contribution in [3.05, 3.63) is 84.1 Å². The van der Waals surface area contributed by atoms with Gasteiger partial charge in [0.1, 0.15) is 6.04 Å². The van der Waals surface area contributed by atoms with Crippen LogP contribution in [0.4, 0.5) is 24.7 Å². The Hall–Kier alpha value is -5.83. The van der Waals surface area contributed by atoms with Crippen LogP contribution in [0.1, 0.15) is 59.4 Å². The molecule has 3 saturated heterocycles. The number of benzene rings is 2. The molecule has 3 fully saturated rings. The molecule has 4 aliphatic rings. The molecule has 56 heavy (non-hydrogen) atoms. The predicted molar refractivity (Wildman–Crippen MR) is 203 cm³/mol. The topological polar surface area (TPSA) is 124 Å². The van der Waals surface area contributed by atoms with Gasteiger partial charge in [-0.1, -0.05) is 18.2 Å². The van der Waals surface area contributed by atoms with Crippen molar-refractivity contribution >= 4 is 56.9 Å². The molecule has 1 unspecified atom stereocenters. The van der Waals surface area contributed by atoms with Crippen molar-refractivity contribution in [3.8, 4) is 11.1 Å². The minimum Gasteiger partial charge on any atom is -0.368 e. The summed E-state index contributed by atoms with van der Waals surface area (Å²) in [5.41, 5.74) is 3.13. The van der Waals surface area contributed by atoms with Crippen LogP contribution < -0.4 is 15.1 Å². The van der Waals surface area contributed by atoms with E-state index >= 15 is 4.39 Å². The van der Waals surface area contributed by atoms with Crippen LogP contribution in [0.2, 0.25) is 0 Å². The van der Waals surface area contributed by atoms with Gasteiger partial charge in [-0.05, 0) is 74.0 Å². The van der Waals surface area contributed by atoms with Crippen molar-refractivity contribution in [2.24, 2.45) is 5.92 Å². The number of amides is 4. The van der Waals surface area contributed by atoms with Crippen molar-refractivity contribution in [3.63, 3.8) is 0 Å². The molecule has 288 valence electrons. The van der Waals surface area contributed by atoms with E-state index in [2.05, 4.69) is 25.1 Å². The van der Waals surface area contributed by atoms with Crippen LogP contribution in [0.5, 0.6) is 0 Å². The molecule has 3 aromatic heterocycles. The van der Waals surface area contributed by atoms with E-state index in [4.69, 9.17) is 0 Å². The predicted octanol–water partition coefficient (Wildman–Crippen LogP) is 5.62. The maximum atomic E-state index is 15.6. The van der Waals surface area contributed by atoms with Crippen molar-refractivity contribution in [2.75, 3.05) is 55.6 Å². The van der Waals surface area contributed by atoms with Crippen molar-refractivity contribution < 1.29 is 32.3 Å². The Kier molecular flexibility index (Phi) is 9.18. The maximum absolute atomic E-state index is 15.6. The summed E-state index contributed by atoms with van der Waals surface area (Å²) in [5.74, 6) is -1.71. The summed E-state index contributed by atoms with van der Waals surface area (Å²) in [5, 5.41) is 3.53. The highest BCUT2D eigenvalue weighted by Crippen LogP contribution is 2.37. The Balaban J connectivity index is 0.786. The van der Waals surface area contributed by atoms with Crippen molar-refractivity contribution in [1.29, 1.82) is 0 Å². The number of anilines is 2. The number of piperidine rings is 2. The van der Waals surface area contributed by atoms with E-state index in [1.54, 1.807) is 48.8 Å². The van der Waals surface area contributed by atoms with E-state index in [0.29, 0.717) is 82.1 Å². The van der Waals surface area contributed by atoms with E-state index in [-0.39, 0.29) is 18.4 Å². The summed E-state index contributed by atoms with van der Waals surface area (Å²) < 4.78 is 44.8. The molecule has 15 heteroatoms. The number of nitrogens with zero attached hydrogens (tertiary/aromatic N) is 7. The highest BCUT2D eigenvalue weighted by Gasteiger charge is 2.46. The Morgan fingerprint density at radius 1 is 0.804 bits per heavy atom. The van der Waals surface area contributed by atoms with E-state index in [1.165, 1.54) is 12.3 Å². The average Bonchev–Trinajstić information content (AvgIpc) is 3.68. The molecule has 12 nitrogen and oxygen atoms in total. The third kappa shape index (κ3) is 6.23. The first-order valence-corrected chi connectivity index (χ1v) is 19.0. The number of carbonyl (C=O) groups is 4. The zero-order valence-corrected chi connectivity index (χ0v) is 30.5. The Morgan fingerprint density at radius 3 is 2.36 bits per heavy atom. The van der Waals surface area contributed by atoms with Gasteiger partial charge >= 0.3 is 6.55 Å². The number of imide groups is 2. The van der Waals surface area contributed by atoms with Gasteiger partial charge < -0.3 is 9.80 Å². The first-order valence-electron chi connectivity index (χ1n) is 19.0. The molecule has 1 atom stereocenters. The van der Waals surface area contributed by atoms with Crippen molar-refractivity contribution in [1.82, 2.24) is 29.7 Å². The van der Waals surface area contributed by atoms with Gasteiger partial charge in [0.05, 0.1) is 27.8 Å². The molecule has 0 bridgehead atoms. The molecule has 4 amide bonds. The maximum Gasteiger partial charge on any atom is 0.319 e. The third-order valence-electron chi connectivity index (χ3n) is 11.9. The van der Waals surface area contributed by atoms with Crippen LogP contribution in [-0.4, -0.2) is 99.8 Å². The van der Waals surface area contributed by atoms with E-state index in [9.17, 15) is 28.0 Å². The molecule has 0 radical (unpaired) electrons.